The topological polar surface area (TPSA) is 130 Å². The second-order valence-electron chi connectivity index (χ2n) is 10.1. The van der Waals surface area contributed by atoms with Gasteiger partial charge in [-0.25, -0.2) is 5.48 Å². The number of rotatable bonds is 15. The number of unbranched alkanes of at least 4 members (excludes halogenated alkanes) is 2. The van der Waals surface area contributed by atoms with Crippen molar-refractivity contribution in [3.05, 3.63) is 114 Å². The zero-order chi connectivity index (χ0) is 31.0. The molecule has 1 aromatic heterocycles. The third-order valence-corrected chi connectivity index (χ3v) is 6.79. The summed E-state index contributed by atoms with van der Waals surface area (Å²) in [6.45, 7) is 0.399. The molecule has 1 atom stereocenters. The number of para-hydroxylation sites is 1. The number of benzene rings is 3. The molecule has 4 rings (SSSR count). The fraction of sp³-hybridized carbons (Fsp3) is 0.200. The summed E-state index contributed by atoms with van der Waals surface area (Å²) in [7, 11) is 0. The molecule has 1 heterocycles. The minimum Gasteiger partial charge on any atom is -0.490 e. The van der Waals surface area contributed by atoms with Gasteiger partial charge in [-0.05, 0) is 60.4 Å². The van der Waals surface area contributed by atoms with E-state index >= 15 is 0 Å². The van der Waals surface area contributed by atoms with Crippen LogP contribution in [0.5, 0.6) is 5.75 Å². The molecule has 9 heteroatoms. The van der Waals surface area contributed by atoms with Crippen LogP contribution < -0.4 is 20.9 Å². The second-order valence-corrected chi connectivity index (χ2v) is 10.1. The third kappa shape index (κ3) is 10.2. The molecule has 0 aliphatic heterocycles. The Kier molecular flexibility index (Phi) is 12.2. The summed E-state index contributed by atoms with van der Waals surface area (Å²) in [6.07, 6.45) is 11.0. The Labute approximate surface area is 256 Å². The van der Waals surface area contributed by atoms with Gasteiger partial charge in [-0.3, -0.25) is 24.6 Å². The van der Waals surface area contributed by atoms with E-state index in [1.165, 1.54) is 6.08 Å². The van der Waals surface area contributed by atoms with Crippen LogP contribution >= 0.6 is 0 Å². The fourth-order valence-electron chi connectivity index (χ4n) is 4.55. The molecule has 0 saturated heterocycles. The zero-order valence-electron chi connectivity index (χ0n) is 24.3. The van der Waals surface area contributed by atoms with Gasteiger partial charge in [0.25, 0.3) is 0 Å². The average Bonchev–Trinajstić information content (AvgIpc) is 3.05. The Bertz CT molecular complexity index is 1600. The minimum atomic E-state index is -0.816. The van der Waals surface area contributed by atoms with Crippen LogP contribution in [0.1, 0.15) is 43.2 Å². The summed E-state index contributed by atoms with van der Waals surface area (Å²) < 4.78 is 5.83. The van der Waals surface area contributed by atoms with E-state index in [1.54, 1.807) is 23.8 Å². The molecular weight excluding hydrogens is 556 g/mol. The highest BCUT2D eigenvalue weighted by molar-refractivity contribution is 6.04. The van der Waals surface area contributed by atoms with Crippen LogP contribution in [0.4, 0.5) is 5.69 Å². The molecule has 0 spiro atoms. The first-order valence-corrected chi connectivity index (χ1v) is 14.5. The van der Waals surface area contributed by atoms with E-state index < -0.39 is 17.9 Å². The SMILES string of the molecule is O=C(/C=C/c1cccc(OC/C=C/c2ccccc2)c1)N[C@@H](CCCCCC(=O)NO)C(=O)Nc1cccc2cccnc12. The largest absolute Gasteiger partial charge is 0.490 e. The number of hydrogen-bond donors (Lipinski definition) is 4. The number of anilines is 1. The molecule has 3 amide bonds. The number of hydrogen-bond acceptors (Lipinski definition) is 6. The Morgan fingerprint density at radius 1 is 0.864 bits per heavy atom. The lowest BCUT2D eigenvalue weighted by Crippen LogP contribution is -2.43. The predicted octanol–water partition coefficient (Wildman–Crippen LogP) is 5.92. The van der Waals surface area contributed by atoms with Crippen molar-refractivity contribution < 1.29 is 24.3 Å². The lowest BCUT2D eigenvalue weighted by atomic mass is 10.1. The number of hydroxylamine groups is 1. The third-order valence-electron chi connectivity index (χ3n) is 6.79. The number of aromatic nitrogens is 1. The summed E-state index contributed by atoms with van der Waals surface area (Å²) in [4.78, 5) is 42.0. The van der Waals surface area contributed by atoms with Crippen molar-refractivity contribution in [3.8, 4) is 5.75 Å². The molecule has 0 aliphatic carbocycles. The van der Waals surface area contributed by atoms with Crippen molar-refractivity contribution in [2.24, 2.45) is 0 Å². The molecule has 9 nitrogen and oxygen atoms in total. The lowest BCUT2D eigenvalue weighted by molar-refractivity contribution is -0.129. The molecule has 44 heavy (non-hydrogen) atoms. The van der Waals surface area contributed by atoms with E-state index in [0.717, 1.165) is 16.5 Å². The molecule has 0 radical (unpaired) electrons. The van der Waals surface area contributed by atoms with E-state index in [9.17, 15) is 14.4 Å². The molecule has 4 N–H and O–H groups in total. The van der Waals surface area contributed by atoms with Crippen molar-refractivity contribution in [1.82, 2.24) is 15.8 Å². The van der Waals surface area contributed by atoms with E-state index in [1.807, 2.05) is 91.0 Å². The van der Waals surface area contributed by atoms with Gasteiger partial charge in [0.05, 0.1) is 11.2 Å². The van der Waals surface area contributed by atoms with Crippen molar-refractivity contribution in [1.29, 1.82) is 0 Å². The van der Waals surface area contributed by atoms with Gasteiger partial charge in [-0.15, -0.1) is 0 Å². The molecule has 3 aromatic carbocycles. The molecule has 0 saturated carbocycles. The van der Waals surface area contributed by atoms with Crippen LogP contribution in [0, 0.1) is 0 Å². The molecule has 226 valence electrons. The quantitative estimate of drug-likeness (QED) is 0.0587. The maximum absolute atomic E-state index is 13.3. The van der Waals surface area contributed by atoms with Gasteiger partial charge >= 0.3 is 0 Å². The lowest BCUT2D eigenvalue weighted by Gasteiger charge is -2.18. The van der Waals surface area contributed by atoms with E-state index in [2.05, 4.69) is 15.6 Å². The predicted molar refractivity (Wildman–Crippen MR) is 172 cm³/mol. The van der Waals surface area contributed by atoms with Crippen LogP contribution in [0.25, 0.3) is 23.1 Å². The molecule has 4 aromatic rings. The molecule has 0 aliphatic rings. The van der Waals surface area contributed by atoms with E-state index in [-0.39, 0.29) is 12.3 Å². The van der Waals surface area contributed by atoms with Crippen LogP contribution in [-0.2, 0) is 14.4 Å². The van der Waals surface area contributed by atoms with Crippen LogP contribution in [0.3, 0.4) is 0 Å². The van der Waals surface area contributed by atoms with Gasteiger partial charge in [0.2, 0.25) is 17.7 Å². The number of ether oxygens (including phenoxy) is 1. The Hall–Kier alpha value is -5.28. The van der Waals surface area contributed by atoms with E-state index in [0.29, 0.717) is 49.2 Å². The highest BCUT2D eigenvalue weighted by atomic mass is 16.5. The maximum Gasteiger partial charge on any atom is 0.247 e. The molecule has 0 fully saturated rings. The van der Waals surface area contributed by atoms with Crippen molar-refractivity contribution in [2.45, 2.75) is 38.1 Å². The highest BCUT2D eigenvalue weighted by Crippen LogP contribution is 2.21. The number of pyridine rings is 1. The summed E-state index contributed by atoms with van der Waals surface area (Å²) >= 11 is 0. The molecule has 0 unspecified atom stereocenters. The first-order chi connectivity index (χ1) is 21.5. The standard InChI is InChI=1S/C35H36N4O5/c40-32(22-21-27-13-7-17-29(25-27)44-24-10-14-26-11-3-1-4-12-26)37-31(18-5-2-6-20-33(41)39-43)35(42)38-30-19-8-15-28-16-9-23-36-34(28)30/h1,3-4,7-17,19,21-23,25,31,43H,2,5-6,18,20,24H2,(H,37,40)(H,38,42)(H,39,41)/b14-10+,22-21+/t31-/m0/s1. The first kappa shape index (κ1) is 31.7. The van der Waals surface area contributed by atoms with Crippen LogP contribution in [0.15, 0.2) is 103 Å². The van der Waals surface area contributed by atoms with Gasteiger partial charge in [0.1, 0.15) is 18.4 Å². The van der Waals surface area contributed by atoms with Gasteiger partial charge in [0.15, 0.2) is 0 Å². The second kappa shape index (κ2) is 17.0. The maximum atomic E-state index is 13.3. The van der Waals surface area contributed by atoms with Crippen molar-refractivity contribution in [2.75, 3.05) is 11.9 Å². The van der Waals surface area contributed by atoms with Gasteiger partial charge < -0.3 is 15.4 Å². The number of amides is 3. The van der Waals surface area contributed by atoms with Crippen LogP contribution in [-0.4, -0.2) is 40.6 Å². The number of nitrogens with one attached hydrogen (secondary N) is 3. The summed E-state index contributed by atoms with van der Waals surface area (Å²) in [5.74, 6) is -0.574. The molecular formula is C35H36N4O5. The molecule has 0 bridgehead atoms. The van der Waals surface area contributed by atoms with Gasteiger partial charge in [-0.2, -0.15) is 0 Å². The fourth-order valence-corrected chi connectivity index (χ4v) is 4.55. The average molecular weight is 593 g/mol. The summed E-state index contributed by atoms with van der Waals surface area (Å²) in [5, 5.41) is 15.3. The van der Waals surface area contributed by atoms with Crippen LogP contribution in [0.2, 0.25) is 0 Å². The number of carbonyl (C=O) groups excluding carboxylic acids is 3. The van der Waals surface area contributed by atoms with Crippen molar-refractivity contribution in [3.63, 3.8) is 0 Å². The minimum absolute atomic E-state index is 0.177. The Morgan fingerprint density at radius 3 is 2.50 bits per heavy atom. The van der Waals surface area contributed by atoms with Gasteiger partial charge in [0, 0.05) is 24.1 Å². The number of fused-ring (bicyclic) bond motifs is 1. The normalized spacial score (nSPS) is 11.8. The van der Waals surface area contributed by atoms with Gasteiger partial charge in [-0.1, -0.05) is 79.6 Å². The van der Waals surface area contributed by atoms with Crippen molar-refractivity contribution >= 4 is 46.5 Å². The Morgan fingerprint density at radius 2 is 1.66 bits per heavy atom. The monoisotopic (exact) mass is 592 g/mol. The highest BCUT2D eigenvalue weighted by Gasteiger charge is 2.21. The Balaban J connectivity index is 1.36. The first-order valence-electron chi connectivity index (χ1n) is 14.5. The summed E-state index contributed by atoms with van der Waals surface area (Å²) in [6, 6.07) is 25.8. The smallest absolute Gasteiger partial charge is 0.247 e. The number of nitrogens with zero attached hydrogens (tertiary/aromatic N) is 1. The summed E-state index contributed by atoms with van der Waals surface area (Å²) in [5.41, 5.74) is 4.69. The number of carbonyl (C=O) groups is 3. The van der Waals surface area contributed by atoms with E-state index in [4.69, 9.17) is 9.94 Å². The zero-order valence-corrected chi connectivity index (χ0v) is 24.3.